The standard InChI is InChI=1S/C15H19N3.HI/c1-11(2)18-15(16)17-10-13-8-5-7-12-6-3-4-9-14(12)13;/h3-9,11H,10H2,1-2H3,(H3,16,17,18);1H. The van der Waals surface area contributed by atoms with Crippen LogP contribution in [-0.2, 0) is 6.54 Å². The zero-order valence-corrected chi connectivity index (χ0v) is 13.6. The van der Waals surface area contributed by atoms with Gasteiger partial charge in [0.15, 0.2) is 5.96 Å². The summed E-state index contributed by atoms with van der Waals surface area (Å²) in [5.41, 5.74) is 7.00. The quantitative estimate of drug-likeness (QED) is 0.496. The first-order valence-corrected chi connectivity index (χ1v) is 6.20. The van der Waals surface area contributed by atoms with Crippen LogP contribution < -0.4 is 11.1 Å². The van der Waals surface area contributed by atoms with Crippen molar-refractivity contribution in [3.8, 4) is 0 Å². The summed E-state index contributed by atoms with van der Waals surface area (Å²) in [5, 5.41) is 5.56. The van der Waals surface area contributed by atoms with E-state index in [0.29, 0.717) is 18.5 Å². The fourth-order valence-corrected chi connectivity index (χ4v) is 1.94. The molecule has 3 N–H and O–H groups in total. The maximum Gasteiger partial charge on any atom is 0.189 e. The van der Waals surface area contributed by atoms with Crippen molar-refractivity contribution in [2.75, 3.05) is 0 Å². The van der Waals surface area contributed by atoms with Gasteiger partial charge in [-0.25, -0.2) is 4.99 Å². The molecule has 0 bridgehead atoms. The number of fused-ring (bicyclic) bond motifs is 1. The monoisotopic (exact) mass is 369 g/mol. The molecule has 0 saturated carbocycles. The van der Waals surface area contributed by atoms with E-state index in [-0.39, 0.29) is 24.0 Å². The molecule has 0 spiro atoms. The van der Waals surface area contributed by atoms with Gasteiger partial charge in [0.05, 0.1) is 6.54 Å². The minimum Gasteiger partial charge on any atom is -0.370 e. The minimum absolute atomic E-state index is 0. The van der Waals surface area contributed by atoms with Gasteiger partial charge < -0.3 is 11.1 Å². The van der Waals surface area contributed by atoms with Crippen LogP contribution in [0, 0.1) is 0 Å². The van der Waals surface area contributed by atoms with Crippen molar-refractivity contribution >= 4 is 40.7 Å². The lowest BCUT2D eigenvalue weighted by Gasteiger charge is -2.09. The number of nitrogens with zero attached hydrogens (tertiary/aromatic N) is 1. The first-order chi connectivity index (χ1) is 8.66. The van der Waals surface area contributed by atoms with Gasteiger partial charge in [0.1, 0.15) is 0 Å². The van der Waals surface area contributed by atoms with E-state index in [4.69, 9.17) is 5.73 Å². The number of guanidine groups is 1. The van der Waals surface area contributed by atoms with E-state index in [0.717, 1.165) is 0 Å². The van der Waals surface area contributed by atoms with Crippen LogP contribution in [0.2, 0.25) is 0 Å². The van der Waals surface area contributed by atoms with Crippen LogP contribution >= 0.6 is 24.0 Å². The van der Waals surface area contributed by atoms with Gasteiger partial charge in [-0.3, -0.25) is 0 Å². The SMILES string of the molecule is CC(C)NC(N)=NCc1cccc2ccccc12.I. The lowest BCUT2D eigenvalue weighted by molar-refractivity contribution is 0.724. The van der Waals surface area contributed by atoms with Crippen molar-refractivity contribution in [1.82, 2.24) is 5.32 Å². The van der Waals surface area contributed by atoms with Gasteiger partial charge in [-0.1, -0.05) is 42.5 Å². The van der Waals surface area contributed by atoms with Crippen molar-refractivity contribution in [2.45, 2.75) is 26.4 Å². The van der Waals surface area contributed by atoms with E-state index in [1.807, 2.05) is 26.0 Å². The van der Waals surface area contributed by atoms with Crippen LogP contribution in [-0.4, -0.2) is 12.0 Å². The molecule has 0 atom stereocenters. The van der Waals surface area contributed by atoms with Crippen LogP contribution in [0.15, 0.2) is 47.5 Å². The zero-order chi connectivity index (χ0) is 13.0. The van der Waals surface area contributed by atoms with E-state index >= 15 is 0 Å². The number of benzene rings is 2. The highest BCUT2D eigenvalue weighted by Crippen LogP contribution is 2.18. The third kappa shape index (κ3) is 4.38. The fraction of sp³-hybridized carbons (Fsp3) is 0.267. The third-order valence-corrected chi connectivity index (χ3v) is 2.74. The van der Waals surface area contributed by atoms with Crippen molar-refractivity contribution in [3.05, 3.63) is 48.0 Å². The molecule has 0 aliphatic rings. The molecule has 0 unspecified atom stereocenters. The van der Waals surface area contributed by atoms with Gasteiger partial charge in [0, 0.05) is 6.04 Å². The minimum atomic E-state index is 0. The molecule has 0 aliphatic heterocycles. The van der Waals surface area contributed by atoms with Crippen LogP contribution in [0.1, 0.15) is 19.4 Å². The normalized spacial score (nSPS) is 11.4. The second-order valence-corrected chi connectivity index (χ2v) is 4.64. The van der Waals surface area contributed by atoms with Gasteiger partial charge in [-0.2, -0.15) is 0 Å². The Bertz CT molecular complexity index is 559. The molecular weight excluding hydrogens is 349 g/mol. The number of nitrogens with two attached hydrogens (primary N) is 1. The average molecular weight is 369 g/mol. The largest absolute Gasteiger partial charge is 0.370 e. The molecule has 3 nitrogen and oxygen atoms in total. The number of rotatable bonds is 3. The van der Waals surface area contributed by atoms with E-state index in [9.17, 15) is 0 Å². The molecule has 2 aromatic rings. The van der Waals surface area contributed by atoms with Crippen molar-refractivity contribution in [3.63, 3.8) is 0 Å². The number of nitrogens with one attached hydrogen (secondary N) is 1. The molecule has 0 fully saturated rings. The van der Waals surface area contributed by atoms with Gasteiger partial charge in [0.25, 0.3) is 0 Å². The van der Waals surface area contributed by atoms with E-state index in [1.54, 1.807) is 0 Å². The molecule has 0 aromatic heterocycles. The van der Waals surface area contributed by atoms with Crippen molar-refractivity contribution in [2.24, 2.45) is 10.7 Å². The van der Waals surface area contributed by atoms with Crippen LogP contribution in [0.3, 0.4) is 0 Å². The third-order valence-electron chi connectivity index (χ3n) is 2.74. The molecular formula is C15H20IN3. The molecule has 0 saturated heterocycles. The molecule has 4 heteroatoms. The summed E-state index contributed by atoms with van der Waals surface area (Å²) in [7, 11) is 0. The van der Waals surface area contributed by atoms with Crippen LogP contribution in [0.5, 0.6) is 0 Å². The van der Waals surface area contributed by atoms with E-state index < -0.39 is 0 Å². The predicted molar refractivity (Wildman–Crippen MR) is 93.0 cm³/mol. The molecule has 2 rings (SSSR count). The first-order valence-electron chi connectivity index (χ1n) is 6.20. The van der Waals surface area contributed by atoms with E-state index in [1.165, 1.54) is 16.3 Å². The maximum atomic E-state index is 5.81. The number of aliphatic imine (C=N–C) groups is 1. The Morgan fingerprint density at radius 2 is 1.84 bits per heavy atom. The summed E-state index contributed by atoms with van der Waals surface area (Å²) < 4.78 is 0. The first kappa shape index (κ1) is 15.8. The fourth-order valence-electron chi connectivity index (χ4n) is 1.94. The Labute approximate surface area is 131 Å². The topological polar surface area (TPSA) is 50.4 Å². The molecule has 19 heavy (non-hydrogen) atoms. The summed E-state index contributed by atoms with van der Waals surface area (Å²) in [6.07, 6.45) is 0. The smallest absolute Gasteiger partial charge is 0.189 e. The number of hydrogen-bond acceptors (Lipinski definition) is 1. The van der Waals surface area contributed by atoms with Crippen LogP contribution in [0.4, 0.5) is 0 Å². The molecule has 0 amide bonds. The Hall–Kier alpha value is -1.30. The van der Waals surface area contributed by atoms with Gasteiger partial charge in [0.2, 0.25) is 0 Å². The highest BCUT2D eigenvalue weighted by atomic mass is 127. The number of halogens is 1. The summed E-state index contributed by atoms with van der Waals surface area (Å²) in [5.74, 6) is 0.498. The maximum absolute atomic E-state index is 5.81. The summed E-state index contributed by atoms with van der Waals surface area (Å²) in [6, 6.07) is 14.9. The molecule has 2 aromatic carbocycles. The second-order valence-electron chi connectivity index (χ2n) is 4.64. The zero-order valence-electron chi connectivity index (χ0n) is 11.3. The van der Waals surface area contributed by atoms with Crippen molar-refractivity contribution in [1.29, 1.82) is 0 Å². The molecule has 0 heterocycles. The average Bonchev–Trinajstić information content (AvgIpc) is 2.35. The summed E-state index contributed by atoms with van der Waals surface area (Å²) >= 11 is 0. The van der Waals surface area contributed by atoms with Gasteiger partial charge in [-0.15, -0.1) is 24.0 Å². The Morgan fingerprint density at radius 3 is 2.58 bits per heavy atom. The molecule has 0 aliphatic carbocycles. The number of hydrogen-bond donors (Lipinski definition) is 2. The molecule has 102 valence electrons. The van der Waals surface area contributed by atoms with Gasteiger partial charge in [-0.05, 0) is 30.2 Å². The second kappa shape index (κ2) is 7.33. The predicted octanol–water partition coefficient (Wildman–Crippen LogP) is 3.27. The Morgan fingerprint density at radius 1 is 1.16 bits per heavy atom. The Balaban J connectivity index is 0.00000180. The summed E-state index contributed by atoms with van der Waals surface area (Å²) in [4.78, 5) is 4.37. The highest BCUT2D eigenvalue weighted by molar-refractivity contribution is 14.0. The molecule has 0 radical (unpaired) electrons. The van der Waals surface area contributed by atoms with E-state index in [2.05, 4.69) is 40.6 Å². The lowest BCUT2D eigenvalue weighted by atomic mass is 10.1. The van der Waals surface area contributed by atoms with Gasteiger partial charge >= 0.3 is 0 Å². The highest BCUT2D eigenvalue weighted by Gasteiger charge is 2.00. The van der Waals surface area contributed by atoms with Crippen molar-refractivity contribution < 1.29 is 0 Å². The lowest BCUT2D eigenvalue weighted by Crippen LogP contribution is -2.36. The van der Waals surface area contributed by atoms with Crippen LogP contribution in [0.25, 0.3) is 10.8 Å². The Kier molecular flexibility index (Phi) is 6.08. The summed E-state index contributed by atoms with van der Waals surface area (Å²) in [6.45, 7) is 4.69.